The third-order valence-electron chi connectivity index (χ3n) is 4.44. The molecule has 1 amide bonds. The van der Waals surface area contributed by atoms with Crippen LogP contribution >= 0.6 is 59.6 Å². The summed E-state index contributed by atoms with van der Waals surface area (Å²) in [6.07, 6.45) is 4.75. The molecule has 2 heterocycles. The van der Waals surface area contributed by atoms with E-state index in [9.17, 15) is 9.90 Å². The third kappa shape index (κ3) is 5.93. The summed E-state index contributed by atoms with van der Waals surface area (Å²) in [6, 6.07) is 14.8. The van der Waals surface area contributed by atoms with Gasteiger partial charge in [-0.05, 0) is 64.5 Å². The van der Waals surface area contributed by atoms with Gasteiger partial charge in [0.05, 0.1) is 16.4 Å². The number of hydrogen-bond acceptors (Lipinski definition) is 7. The van der Waals surface area contributed by atoms with Crippen LogP contribution in [0.3, 0.4) is 0 Å². The third-order valence-corrected chi connectivity index (χ3v) is 6.96. The van der Waals surface area contributed by atoms with Crippen LogP contribution in [-0.2, 0) is 4.79 Å². The second-order valence-corrected chi connectivity index (χ2v) is 10.4. The minimum absolute atomic E-state index is 0.0295. The van der Waals surface area contributed by atoms with Crippen LogP contribution in [0.5, 0.6) is 5.75 Å². The van der Waals surface area contributed by atoms with Crippen molar-refractivity contribution in [3.8, 4) is 22.8 Å². The Hall–Kier alpha value is -2.54. The number of hydrogen-bond donors (Lipinski definition) is 2. The number of rotatable bonds is 7. The summed E-state index contributed by atoms with van der Waals surface area (Å²) in [5.74, 6) is 0.407. The number of amides is 1. The zero-order valence-corrected chi connectivity index (χ0v) is 22.8. The van der Waals surface area contributed by atoms with Crippen molar-refractivity contribution in [2.45, 2.75) is 5.16 Å². The van der Waals surface area contributed by atoms with Gasteiger partial charge < -0.3 is 5.11 Å². The maximum absolute atomic E-state index is 12.4. The van der Waals surface area contributed by atoms with Crippen LogP contribution in [0.2, 0.25) is 0 Å². The molecule has 0 saturated carbocycles. The molecule has 34 heavy (non-hydrogen) atoms. The average molecular weight is 667 g/mol. The van der Waals surface area contributed by atoms with E-state index in [0.717, 1.165) is 20.2 Å². The van der Waals surface area contributed by atoms with Gasteiger partial charge in [0.15, 0.2) is 11.0 Å². The molecule has 0 fully saturated rings. The van der Waals surface area contributed by atoms with E-state index >= 15 is 0 Å². The number of nitrogens with one attached hydrogen (secondary N) is 1. The van der Waals surface area contributed by atoms with E-state index in [2.05, 4.69) is 73.5 Å². The Balaban J connectivity index is 1.50. The molecule has 2 aromatic carbocycles. The second-order valence-electron chi connectivity index (χ2n) is 6.76. The van der Waals surface area contributed by atoms with Gasteiger partial charge >= 0.3 is 0 Å². The zero-order chi connectivity index (χ0) is 24.1. The van der Waals surface area contributed by atoms with Crippen LogP contribution < -0.4 is 5.43 Å². The number of nitrogens with zero attached hydrogens (tertiary/aromatic N) is 5. The van der Waals surface area contributed by atoms with Crippen molar-refractivity contribution in [2.24, 2.45) is 5.10 Å². The smallest absolute Gasteiger partial charge is 0.250 e. The molecule has 2 N–H and O–H groups in total. The lowest BCUT2D eigenvalue weighted by Gasteiger charge is -2.10. The summed E-state index contributed by atoms with van der Waals surface area (Å²) in [6.45, 7) is 0. The van der Waals surface area contributed by atoms with Crippen LogP contribution in [0.25, 0.3) is 17.1 Å². The van der Waals surface area contributed by atoms with Crippen LogP contribution in [-0.4, -0.2) is 42.7 Å². The number of hydrazone groups is 1. The topological polar surface area (TPSA) is 105 Å². The number of thioether (sulfide) groups is 1. The number of phenolic OH excluding ortho intramolecular Hbond substituents is 1. The van der Waals surface area contributed by atoms with Crippen LogP contribution in [0, 0.1) is 0 Å². The fraction of sp³-hybridized carbons (Fsp3) is 0.0455. The molecule has 0 radical (unpaired) electrons. The van der Waals surface area contributed by atoms with E-state index in [0.29, 0.717) is 21.0 Å². The molecule has 172 valence electrons. The van der Waals surface area contributed by atoms with Gasteiger partial charge in [-0.1, -0.05) is 43.6 Å². The standard InChI is InChI=1S/C22H15Br3N6O2S/c23-15-1-3-17(4-2-15)31-21(13-5-7-26-8-6-13)29-30-22(31)34-12-19(32)28-27-11-14-9-16(24)10-18(25)20(14)33/h1-11,33H,12H2,(H,28,32). The largest absolute Gasteiger partial charge is 0.506 e. The minimum Gasteiger partial charge on any atom is -0.506 e. The highest BCUT2D eigenvalue weighted by Gasteiger charge is 2.17. The molecule has 0 saturated heterocycles. The number of benzene rings is 2. The normalized spacial score (nSPS) is 11.1. The fourth-order valence-electron chi connectivity index (χ4n) is 2.89. The quantitative estimate of drug-likeness (QED) is 0.152. The number of aromatic hydroxyl groups is 1. The van der Waals surface area contributed by atoms with Crippen molar-refractivity contribution < 1.29 is 9.90 Å². The van der Waals surface area contributed by atoms with E-state index in [4.69, 9.17) is 0 Å². The highest BCUT2D eigenvalue weighted by molar-refractivity contribution is 9.11. The van der Waals surface area contributed by atoms with Crippen molar-refractivity contribution in [1.29, 1.82) is 0 Å². The molecule has 8 nitrogen and oxygen atoms in total. The van der Waals surface area contributed by atoms with Gasteiger partial charge in [0.1, 0.15) is 5.75 Å². The Morgan fingerprint density at radius 2 is 1.79 bits per heavy atom. The summed E-state index contributed by atoms with van der Waals surface area (Å²) < 4.78 is 4.12. The molecule has 0 aliphatic carbocycles. The van der Waals surface area contributed by atoms with Crippen LogP contribution in [0.15, 0.2) is 84.6 Å². The maximum Gasteiger partial charge on any atom is 0.250 e. The van der Waals surface area contributed by atoms with Crippen molar-refractivity contribution >= 4 is 71.7 Å². The first-order valence-electron chi connectivity index (χ1n) is 9.67. The monoisotopic (exact) mass is 664 g/mol. The van der Waals surface area contributed by atoms with Gasteiger partial charge in [0.2, 0.25) is 0 Å². The van der Waals surface area contributed by atoms with E-state index in [1.165, 1.54) is 18.0 Å². The Labute approximate surface area is 224 Å². The van der Waals surface area contributed by atoms with Gasteiger partial charge in [-0.2, -0.15) is 5.10 Å². The van der Waals surface area contributed by atoms with Gasteiger partial charge in [-0.15, -0.1) is 10.2 Å². The summed E-state index contributed by atoms with van der Waals surface area (Å²) in [7, 11) is 0. The Bertz CT molecular complexity index is 1350. The molecule has 0 bridgehead atoms. The van der Waals surface area contributed by atoms with E-state index in [1.54, 1.807) is 24.5 Å². The van der Waals surface area contributed by atoms with Gasteiger partial charge in [-0.25, -0.2) is 5.43 Å². The van der Waals surface area contributed by atoms with E-state index < -0.39 is 0 Å². The number of halogens is 3. The van der Waals surface area contributed by atoms with Gasteiger partial charge in [0, 0.05) is 38.2 Å². The highest BCUT2D eigenvalue weighted by Crippen LogP contribution is 2.31. The molecule has 12 heteroatoms. The average Bonchev–Trinajstić information content (AvgIpc) is 3.26. The van der Waals surface area contributed by atoms with E-state index in [1.807, 2.05) is 41.0 Å². The number of pyridine rings is 1. The lowest BCUT2D eigenvalue weighted by molar-refractivity contribution is -0.118. The summed E-state index contributed by atoms with van der Waals surface area (Å²) in [5.41, 5.74) is 4.63. The molecular weight excluding hydrogens is 652 g/mol. The predicted molar refractivity (Wildman–Crippen MR) is 142 cm³/mol. The summed E-state index contributed by atoms with van der Waals surface area (Å²) in [5, 5.41) is 23.2. The van der Waals surface area contributed by atoms with Crippen molar-refractivity contribution in [3.63, 3.8) is 0 Å². The SMILES string of the molecule is O=C(CSc1nnc(-c2ccncc2)n1-c1ccc(Br)cc1)NN=Cc1cc(Br)cc(Br)c1O. The van der Waals surface area contributed by atoms with Crippen molar-refractivity contribution in [2.75, 3.05) is 5.75 Å². The predicted octanol–water partition coefficient (Wildman–Crippen LogP) is 5.56. The first kappa shape index (κ1) is 24.6. The molecule has 0 aliphatic rings. The molecule has 0 unspecified atom stereocenters. The molecule has 0 spiro atoms. The first-order chi connectivity index (χ1) is 16.4. The number of carbonyl (C=O) groups excluding carboxylic acids is 1. The second kappa shape index (κ2) is 11.3. The lowest BCUT2D eigenvalue weighted by atomic mass is 10.2. The van der Waals surface area contributed by atoms with Crippen molar-refractivity contribution in [1.82, 2.24) is 25.2 Å². The van der Waals surface area contributed by atoms with Crippen LogP contribution in [0.1, 0.15) is 5.56 Å². The fourth-order valence-corrected chi connectivity index (χ4v) is 5.16. The van der Waals surface area contributed by atoms with Crippen molar-refractivity contribution in [3.05, 3.63) is 79.9 Å². The van der Waals surface area contributed by atoms with Crippen LogP contribution in [0.4, 0.5) is 0 Å². The number of phenols is 1. The lowest BCUT2D eigenvalue weighted by Crippen LogP contribution is -2.20. The first-order valence-corrected chi connectivity index (χ1v) is 13.0. The number of carbonyl (C=O) groups is 1. The summed E-state index contributed by atoms with van der Waals surface area (Å²) >= 11 is 11.3. The molecule has 0 atom stereocenters. The summed E-state index contributed by atoms with van der Waals surface area (Å²) in [4.78, 5) is 16.5. The zero-order valence-electron chi connectivity index (χ0n) is 17.2. The molecule has 4 rings (SSSR count). The maximum atomic E-state index is 12.4. The molecule has 2 aromatic heterocycles. The highest BCUT2D eigenvalue weighted by atomic mass is 79.9. The minimum atomic E-state index is -0.328. The van der Waals surface area contributed by atoms with Gasteiger partial charge in [-0.3, -0.25) is 14.3 Å². The molecular formula is C22H15Br3N6O2S. The Kier molecular flexibility index (Phi) is 8.14. The Morgan fingerprint density at radius 3 is 2.53 bits per heavy atom. The van der Waals surface area contributed by atoms with E-state index in [-0.39, 0.29) is 17.4 Å². The number of aromatic nitrogens is 4. The molecule has 0 aliphatic heterocycles. The molecule has 4 aromatic rings. The Morgan fingerprint density at radius 1 is 1.06 bits per heavy atom. The van der Waals surface area contributed by atoms with Gasteiger partial charge in [0.25, 0.3) is 5.91 Å².